The van der Waals surface area contributed by atoms with Gasteiger partial charge in [-0.2, -0.15) is 0 Å². The van der Waals surface area contributed by atoms with Crippen LogP contribution in [0.1, 0.15) is 25.3 Å². The lowest BCUT2D eigenvalue weighted by Gasteiger charge is -2.33. The molecule has 1 aliphatic heterocycles. The second kappa shape index (κ2) is 6.30. The highest BCUT2D eigenvalue weighted by molar-refractivity contribution is 5.16. The number of halogens is 1. The SMILES string of the molecule is CC(NCc1cccc(F)c1)C1CCN(C)CC1. The molecule has 0 aromatic heterocycles. The van der Waals surface area contributed by atoms with Crippen LogP contribution in [0.25, 0.3) is 0 Å². The van der Waals surface area contributed by atoms with E-state index < -0.39 is 0 Å². The van der Waals surface area contributed by atoms with Crippen LogP contribution in [0.5, 0.6) is 0 Å². The summed E-state index contributed by atoms with van der Waals surface area (Å²) in [4.78, 5) is 2.38. The summed E-state index contributed by atoms with van der Waals surface area (Å²) in [5.74, 6) is 0.594. The standard InChI is InChI=1S/C15H23FN2/c1-12(14-6-8-18(2)9-7-14)17-11-13-4-3-5-15(16)10-13/h3-5,10,12,14,17H,6-9,11H2,1-2H3. The number of likely N-dealkylation sites (tertiary alicyclic amines) is 1. The third-order valence-electron chi connectivity index (χ3n) is 3.99. The Morgan fingerprint density at radius 1 is 1.39 bits per heavy atom. The number of benzene rings is 1. The van der Waals surface area contributed by atoms with Gasteiger partial charge in [-0.25, -0.2) is 4.39 Å². The zero-order valence-electron chi connectivity index (χ0n) is 11.3. The number of nitrogens with zero attached hydrogens (tertiary/aromatic N) is 1. The third-order valence-corrected chi connectivity index (χ3v) is 3.99. The van der Waals surface area contributed by atoms with Gasteiger partial charge in [-0.05, 0) is 63.5 Å². The van der Waals surface area contributed by atoms with Crippen LogP contribution < -0.4 is 5.32 Å². The number of rotatable bonds is 4. The van der Waals surface area contributed by atoms with Gasteiger partial charge in [-0.3, -0.25) is 0 Å². The summed E-state index contributed by atoms with van der Waals surface area (Å²) < 4.78 is 13.1. The minimum atomic E-state index is -0.152. The van der Waals surface area contributed by atoms with E-state index >= 15 is 0 Å². The summed E-state index contributed by atoms with van der Waals surface area (Å²) >= 11 is 0. The van der Waals surface area contributed by atoms with E-state index in [1.807, 2.05) is 6.07 Å². The molecule has 2 rings (SSSR count). The quantitative estimate of drug-likeness (QED) is 0.883. The predicted octanol–water partition coefficient (Wildman–Crippen LogP) is 2.65. The molecule has 0 aliphatic carbocycles. The molecule has 1 N–H and O–H groups in total. The molecule has 0 amide bonds. The van der Waals surface area contributed by atoms with E-state index in [1.54, 1.807) is 12.1 Å². The van der Waals surface area contributed by atoms with Gasteiger partial charge in [0.05, 0.1) is 0 Å². The molecule has 1 aromatic carbocycles. The fourth-order valence-corrected chi connectivity index (χ4v) is 2.62. The van der Waals surface area contributed by atoms with Crippen molar-refractivity contribution in [3.8, 4) is 0 Å². The fourth-order valence-electron chi connectivity index (χ4n) is 2.62. The van der Waals surface area contributed by atoms with Gasteiger partial charge in [0.2, 0.25) is 0 Å². The second-order valence-electron chi connectivity index (χ2n) is 5.44. The van der Waals surface area contributed by atoms with Crippen LogP contribution in [0, 0.1) is 11.7 Å². The zero-order chi connectivity index (χ0) is 13.0. The molecule has 18 heavy (non-hydrogen) atoms. The molecule has 100 valence electrons. The smallest absolute Gasteiger partial charge is 0.123 e. The van der Waals surface area contributed by atoms with Gasteiger partial charge in [0.25, 0.3) is 0 Å². The third kappa shape index (κ3) is 3.79. The molecule has 0 radical (unpaired) electrons. The topological polar surface area (TPSA) is 15.3 Å². The number of hydrogen-bond acceptors (Lipinski definition) is 2. The van der Waals surface area contributed by atoms with Crippen molar-refractivity contribution in [2.45, 2.75) is 32.4 Å². The first-order valence-electron chi connectivity index (χ1n) is 6.81. The average Bonchev–Trinajstić information content (AvgIpc) is 2.37. The molecule has 1 atom stereocenters. The van der Waals surface area contributed by atoms with Crippen molar-refractivity contribution < 1.29 is 4.39 Å². The summed E-state index contributed by atoms with van der Waals surface area (Å²) in [5, 5.41) is 3.53. The zero-order valence-corrected chi connectivity index (χ0v) is 11.3. The molecule has 0 spiro atoms. The molecule has 1 unspecified atom stereocenters. The van der Waals surface area contributed by atoms with Gasteiger partial charge in [0, 0.05) is 12.6 Å². The van der Waals surface area contributed by atoms with Crippen LogP contribution >= 0.6 is 0 Å². The Morgan fingerprint density at radius 3 is 2.78 bits per heavy atom. The first kappa shape index (κ1) is 13.5. The molecular formula is C15H23FN2. The first-order valence-corrected chi connectivity index (χ1v) is 6.81. The van der Waals surface area contributed by atoms with E-state index in [0.29, 0.717) is 6.04 Å². The van der Waals surface area contributed by atoms with E-state index in [9.17, 15) is 4.39 Å². The van der Waals surface area contributed by atoms with E-state index in [0.717, 1.165) is 18.0 Å². The molecule has 0 bridgehead atoms. The Labute approximate surface area is 109 Å². The first-order chi connectivity index (χ1) is 8.65. The Hall–Kier alpha value is -0.930. The Balaban J connectivity index is 1.79. The molecule has 2 nitrogen and oxygen atoms in total. The van der Waals surface area contributed by atoms with Gasteiger partial charge in [0.1, 0.15) is 5.82 Å². The lowest BCUT2D eigenvalue weighted by molar-refractivity contribution is 0.189. The van der Waals surface area contributed by atoms with Crippen LogP contribution in [0.2, 0.25) is 0 Å². The summed E-state index contributed by atoms with van der Waals surface area (Å²) in [6.07, 6.45) is 2.52. The van der Waals surface area contributed by atoms with E-state index in [2.05, 4.69) is 24.2 Å². The second-order valence-corrected chi connectivity index (χ2v) is 5.44. The molecule has 1 aromatic rings. The summed E-state index contributed by atoms with van der Waals surface area (Å²) in [6.45, 7) is 5.38. The highest BCUT2D eigenvalue weighted by atomic mass is 19.1. The fraction of sp³-hybridized carbons (Fsp3) is 0.600. The number of nitrogens with one attached hydrogen (secondary N) is 1. The van der Waals surface area contributed by atoms with Gasteiger partial charge in [-0.1, -0.05) is 12.1 Å². The molecule has 1 fully saturated rings. The maximum Gasteiger partial charge on any atom is 0.123 e. The van der Waals surface area contributed by atoms with E-state index in [-0.39, 0.29) is 5.82 Å². The summed E-state index contributed by atoms with van der Waals surface area (Å²) in [7, 11) is 2.18. The van der Waals surface area contributed by atoms with Crippen molar-refractivity contribution in [1.29, 1.82) is 0 Å². The average molecular weight is 250 g/mol. The van der Waals surface area contributed by atoms with Gasteiger partial charge in [-0.15, -0.1) is 0 Å². The highest BCUT2D eigenvalue weighted by Crippen LogP contribution is 2.19. The minimum Gasteiger partial charge on any atom is -0.310 e. The Kier molecular flexibility index (Phi) is 4.72. The van der Waals surface area contributed by atoms with Crippen molar-refractivity contribution in [1.82, 2.24) is 10.2 Å². The van der Waals surface area contributed by atoms with Crippen LogP contribution in [-0.2, 0) is 6.54 Å². The lowest BCUT2D eigenvalue weighted by atomic mass is 9.90. The highest BCUT2D eigenvalue weighted by Gasteiger charge is 2.21. The molecule has 3 heteroatoms. The van der Waals surface area contributed by atoms with Gasteiger partial charge in [0.15, 0.2) is 0 Å². The minimum absolute atomic E-state index is 0.152. The van der Waals surface area contributed by atoms with Gasteiger partial charge < -0.3 is 10.2 Å². The number of hydrogen-bond donors (Lipinski definition) is 1. The molecule has 1 aliphatic rings. The molecule has 1 saturated heterocycles. The van der Waals surface area contributed by atoms with Crippen molar-refractivity contribution in [3.05, 3.63) is 35.6 Å². The van der Waals surface area contributed by atoms with Crippen LogP contribution in [-0.4, -0.2) is 31.1 Å². The normalized spacial score (nSPS) is 19.9. The van der Waals surface area contributed by atoms with Crippen molar-refractivity contribution in [3.63, 3.8) is 0 Å². The lowest BCUT2D eigenvalue weighted by Crippen LogP contribution is -2.40. The monoisotopic (exact) mass is 250 g/mol. The predicted molar refractivity (Wildman–Crippen MR) is 72.9 cm³/mol. The van der Waals surface area contributed by atoms with Gasteiger partial charge >= 0.3 is 0 Å². The largest absolute Gasteiger partial charge is 0.310 e. The summed E-state index contributed by atoms with van der Waals surface area (Å²) in [5.41, 5.74) is 1.02. The van der Waals surface area contributed by atoms with Crippen LogP contribution in [0.15, 0.2) is 24.3 Å². The molecular weight excluding hydrogens is 227 g/mol. The Bertz CT molecular complexity index is 373. The molecule has 0 saturated carbocycles. The number of piperidine rings is 1. The maximum absolute atomic E-state index is 13.1. The summed E-state index contributed by atoms with van der Waals surface area (Å²) in [6, 6.07) is 7.34. The van der Waals surface area contributed by atoms with E-state index in [1.165, 1.54) is 32.0 Å². The van der Waals surface area contributed by atoms with Crippen LogP contribution in [0.3, 0.4) is 0 Å². The van der Waals surface area contributed by atoms with E-state index in [4.69, 9.17) is 0 Å². The van der Waals surface area contributed by atoms with Crippen LogP contribution in [0.4, 0.5) is 4.39 Å². The van der Waals surface area contributed by atoms with Crippen molar-refractivity contribution in [2.75, 3.05) is 20.1 Å². The molecule has 1 heterocycles. The maximum atomic E-state index is 13.1. The van der Waals surface area contributed by atoms with Crippen molar-refractivity contribution in [2.24, 2.45) is 5.92 Å². The Morgan fingerprint density at radius 2 is 2.11 bits per heavy atom. The van der Waals surface area contributed by atoms with Crippen molar-refractivity contribution >= 4 is 0 Å².